The van der Waals surface area contributed by atoms with E-state index < -0.39 is 0 Å². The zero-order valence-electron chi connectivity index (χ0n) is 10.9. The van der Waals surface area contributed by atoms with Gasteiger partial charge in [-0.2, -0.15) is 0 Å². The van der Waals surface area contributed by atoms with Crippen molar-refractivity contribution >= 4 is 5.69 Å². The summed E-state index contributed by atoms with van der Waals surface area (Å²) in [5, 5.41) is 0. The van der Waals surface area contributed by atoms with Gasteiger partial charge in [-0.25, -0.2) is 0 Å². The molecular formula is C13H23N3. The van der Waals surface area contributed by atoms with E-state index in [4.69, 9.17) is 5.73 Å². The number of unbranched alkanes of at least 4 members (excludes halogenated alkanes) is 1. The van der Waals surface area contributed by atoms with Gasteiger partial charge in [0.15, 0.2) is 0 Å². The molecule has 90 valence electrons. The summed E-state index contributed by atoms with van der Waals surface area (Å²) in [6, 6.07) is 0. The molecule has 0 aliphatic carbocycles. The summed E-state index contributed by atoms with van der Waals surface area (Å²) in [6.07, 6.45) is 4.33. The lowest BCUT2D eigenvalue weighted by molar-refractivity contribution is 0.316. The van der Waals surface area contributed by atoms with Crippen LogP contribution in [0.1, 0.15) is 36.6 Å². The summed E-state index contributed by atoms with van der Waals surface area (Å²) >= 11 is 0. The second-order valence-corrected chi connectivity index (χ2v) is 4.52. The topological polar surface area (TPSA) is 42.2 Å². The van der Waals surface area contributed by atoms with Crippen LogP contribution in [0.3, 0.4) is 0 Å². The zero-order valence-corrected chi connectivity index (χ0v) is 10.9. The molecule has 0 bridgehead atoms. The monoisotopic (exact) mass is 221 g/mol. The second-order valence-electron chi connectivity index (χ2n) is 4.52. The highest BCUT2D eigenvalue weighted by atomic mass is 15.1. The van der Waals surface area contributed by atoms with Crippen LogP contribution < -0.4 is 5.73 Å². The third-order valence-electron chi connectivity index (χ3n) is 2.99. The van der Waals surface area contributed by atoms with E-state index in [2.05, 4.69) is 30.8 Å². The maximum absolute atomic E-state index is 6.00. The first kappa shape index (κ1) is 13.0. The standard InChI is InChI=1S/C13H23N3/c1-5-6-7-16(4)9-12-11(3)13(14)10(2)8-15-12/h8H,5-7,9H2,1-4H3,(H2,14,15). The number of pyridine rings is 1. The number of hydrogen-bond acceptors (Lipinski definition) is 3. The lowest BCUT2D eigenvalue weighted by Gasteiger charge is -2.18. The molecular weight excluding hydrogens is 198 g/mol. The number of aromatic nitrogens is 1. The van der Waals surface area contributed by atoms with Crippen molar-refractivity contribution in [1.82, 2.24) is 9.88 Å². The first-order valence-corrected chi connectivity index (χ1v) is 5.95. The molecule has 3 nitrogen and oxygen atoms in total. The molecule has 16 heavy (non-hydrogen) atoms. The number of rotatable bonds is 5. The minimum absolute atomic E-state index is 0.883. The SMILES string of the molecule is CCCCN(C)Cc1ncc(C)c(N)c1C. The first-order valence-electron chi connectivity index (χ1n) is 5.95. The Morgan fingerprint density at radius 3 is 2.69 bits per heavy atom. The Balaban J connectivity index is 2.70. The van der Waals surface area contributed by atoms with Gasteiger partial charge in [0, 0.05) is 18.4 Å². The molecule has 0 aliphatic rings. The fourth-order valence-electron chi connectivity index (χ4n) is 1.71. The van der Waals surface area contributed by atoms with E-state index in [-0.39, 0.29) is 0 Å². The summed E-state index contributed by atoms with van der Waals surface area (Å²) in [7, 11) is 2.13. The molecule has 1 heterocycles. The number of hydrogen-bond donors (Lipinski definition) is 1. The largest absolute Gasteiger partial charge is 0.398 e. The van der Waals surface area contributed by atoms with Crippen molar-refractivity contribution in [3.05, 3.63) is 23.0 Å². The Morgan fingerprint density at radius 2 is 2.06 bits per heavy atom. The van der Waals surface area contributed by atoms with E-state index in [1.54, 1.807) is 0 Å². The molecule has 3 heteroatoms. The van der Waals surface area contributed by atoms with Crippen molar-refractivity contribution in [2.24, 2.45) is 0 Å². The first-order chi connectivity index (χ1) is 7.56. The Hall–Kier alpha value is -1.09. The average Bonchev–Trinajstić information content (AvgIpc) is 2.27. The highest BCUT2D eigenvalue weighted by molar-refractivity contribution is 5.53. The van der Waals surface area contributed by atoms with Crippen molar-refractivity contribution in [2.45, 2.75) is 40.2 Å². The molecule has 0 aromatic carbocycles. The van der Waals surface area contributed by atoms with E-state index in [0.717, 1.165) is 35.6 Å². The highest BCUT2D eigenvalue weighted by Crippen LogP contribution is 2.18. The van der Waals surface area contributed by atoms with E-state index in [9.17, 15) is 0 Å². The maximum atomic E-state index is 6.00. The van der Waals surface area contributed by atoms with Crippen molar-refractivity contribution < 1.29 is 0 Å². The van der Waals surface area contributed by atoms with Crippen LogP contribution in [-0.2, 0) is 6.54 Å². The minimum Gasteiger partial charge on any atom is -0.398 e. The molecule has 2 N–H and O–H groups in total. The Bertz CT molecular complexity index is 347. The Labute approximate surface area is 98.7 Å². The van der Waals surface area contributed by atoms with E-state index in [1.165, 1.54) is 12.8 Å². The number of nitrogens with zero attached hydrogens (tertiary/aromatic N) is 2. The van der Waals surface area contributed by atoms with Gasteiger partial charge < -0.3 is 10.6 Å². The number of anilines is 1. The molecule has 0 spiro atoms. The van der Waals surface area contributed by atoms with Crippen molar-refractivity contribution in [3.8, 4) is 0 Å². The zero-order chi connectivity index (χ0) is 12.1. The van der Waals surface area contributed by atoms with Crippen molar-refractivity contribution in [1.29, 1.82) is 0 Å². The van der Waals surface area contributed by atoms with Crippen LogP contribution >= 0.6 is 0 Å². The van der Waals surface area contributed by atoms with Gasteiger partial charge in [-0.05, 0) is 45.0 Å². The fraction of sp³-hybridized carbons (Fsp3) is 0.615. The number of nitrogen functional groups attached to an aromatic ring is 1. The molecule has 0 amide bonds. The van der Waals surface area contributed by atoms with Crippen molar-refractivity contribution in [3.63, 3.8) is 0 Å². The maximum Gasteiger partial charge on any atom is 0.0593 e. The van der Waals surface area contributed by atoms with Crippen LogP contribution in [0.2, 0.25) is 0 Å². The third kappa shape index (κ3) is 3.20. The van der Waals surface area contributed by atoms with E-state index >= 15 is 0 Å². The molecule has 0 atom stereocenters. The summed E-state index contributed by atoms with van der Waals surface area (Å²) in [5.41, 5.74) is 10.2. The average molecular weight is 221 g/mol. The number of aryl methyl sites for hydroxylation is 1. The highest BCUT2D eigenvalue weighted by Gasteiger charge is 2.08. The summed E-state index contributed by atoms with van der Waals surface area (Å²) in [4.78, 5) is 6.76. The molecule has 1 rings (SSSR count). The van der Waals surface area contributed by atoms with Crippen LogP contribution in [0.15, 0.2) is 6.20 Å². The molecule has 1 aromatic rings. The van der Waals surface area contributed by atoms with E-state index in [1.807, 2.05) is 13.1 Å². The number of nitrogens with two attached hydrogens (primary N) is 1. The van der Waals surface area contributed by atoms with Gasteiger partial charge in [0.1, 0.15) is 0 Å². The molecule has 0 fully saturated rings. The van der Waals surface area contributed by atoms with Gasteiger partial charge in [0.2, 0.25) is 0 Å². The lowest BCUT2D eigenvalue weighted by Crippen LogP contribution is -2.20. The van der Waals surface area contributed by atoms with Gasteiger partial charge in [0.25, 0.3) is 0 Å². The van der Waals surface area contributed by atoms with Crippen LogP contribution in [0, 0.1) is 13.8 Å². The normalized spacial score (nSPS) is 11.1. The van der Waals surface area contributed by atoms with Gasteiger partial charge in [-0.15, -0.1) is 0 Å². The Kier molecular flexibility index (Phi) is 4.74. The fourth-order valence-corrected chi connectivity index (χ4v) is 1.71. The minimum atomic E-state index is 0.883. The molecule has 0 radical (unpaired) electrons. The van der Waals surface area contributed by atoms with Gasteiger partial charge >= 0.3 is 0 Å². The molecule has 0 saturated heterocycles. The Morgan fingerprint density at radius 1 is 1.38 bits per heavy atom. The quantitative estimate of drug-likeness (QED) is 0.830. The summed E-state index contributed by atoms with van der Waals surface area (Å²) in [5.74, 6) is 0. The molecule has 0 saturated carbocycles. The van der Waals surface area contributed by atoms with Crippen LogP contribution in [-0.4, -0.2) is 23.5 Å². The van der Waals surface area contributed by atoms with Crippen LogP contribution in [0.5, 0.6) is 0 Å². The molecule has 1 aromatic heterocycles. The van der Waals surface area contributed by atoms with Gasteiger partial charge in [-0.3, -0.25) is 4.98 Å². The van der Waals surface area contributed by atoms with Crippen molar-refractivity contribution in [2.75, 3.05) is 19.3 Å². The smallest absolute Gasteiger partial charge is 0.0593 e. The van der Waals surface area contributed by atoms with Gasteiger partial charge in [-0.1, -0.05) is 13.3 Å². The predicted molar refractivity (Wildman–Crippen MR) is 69.4 cm³/mol. The van der Waals surface area contributed by atoms with E-state index in [0.29, 0.717) is 0 Å². The van der Waals surface area contributed by atoms with Crippen LogP contribution in [0.25, 0.3) is 0 Å². The third-order valence-corrected chi connectivity index (χ3v) is 2.99. The predicted octanol–water partition coefficient (Wildman–Crippen LogP) is 2.51. The molecule has 0 aliphatic heterocycles. The van der Waals surface area contributed by atoms with Gasteiger partial charge in [0.05, 0.1) is 5.69 Å². The summed E-state index contributed by atoms with van der Waals surface area (Å²) < 4.78 is 0. The molecule has 0 unspecified atom stereocenters. The van der Waals surface area contributed by atoms with Crippen LogP contribution in [0.4, 0.5) is 5.69 Å². The lowest BCUT2D eigenvalue weighted by atomic mass is 10.1. The second kappa shape index (κ2) is 5.85. The summed E-state index contributed by atoms with van der Waals surface area (Å²) in [6.45, 7) is 8.27.